The molecule has 0 amide bonds. The molecule has 0 aliphatic heterocycles. The molecule has 0 bridgehead atoms. The van der Waals surface area contributed by atoms with Gasteiger partial charge in [-0.2, -0.15) is 0 Å². The van der Waals surface area contributed by atoms with Crippen LogP contribution in [0.4, 0.5) is 0 Å². The van der Waals surface area contributed by atoms with Crippen LogP contribution >= 0.6 is 11.8 Å². The normalized spacial score (nSPS) is 9.92. The standard InChI is InChI=1S/C7H8N2O3S/c1-4-2-5(10)9-7(8-4)13-3-6(11)12/h2H,3H2,1H3,(H,11,12)(H,8,9,10)/p-1. The number of carbonyl (C=O) groups is 1. The fraction of sp³-hybridized carbons (Fsp3) is 0.286. The Morgan fingerprint density at radius 2 is 2.46 bits per heavy atom. The van der Waals surface area contributed by atoms with Crippen molar-refractivity contribution >= 4 is 17.7 Å². The van der Waals surface area contributed by atoms with Crippen molar-refractivity contribution < 1.29 is 9.90 Å². The molecule has 0 atom stereocenters. The molecule has 0 aliphatic carbocycles. The van der Waals surface area contributed by atoms with Crippen molar-refractivity contribution in [3.8, 4) is 0 Å². The van der Waals surface area contributed by atoms with Crippen LogP contribution in [0.25, 0.3) is 0 Å². The molecule has 1 rings (SSSR count). The summed E-state index contributed by atoms with van der Waals surface area (Å²) in [4.78, 5) is 27.3. The minimum absolute atomic E-state index is 0.216. The summed E-state index contributed by atoms with van der Waals surface area (Å²) in [7, 11) is 0. The summed E-state index contributed by atoms with van der Waals surface area (Å²) in [6, 6.07) is 1.34. The van der Waals surface area contributed by atoms with Crippen molar-refractivity contribution in [3.63, 3.8) is 0 Å². The minimum Gasteiger partial charge on any atom is -0.549 e. The van der Waals surface area contributed by atoms with Crippen molar-refractivity contribution in [1.29, 1.82) is 0 Å². The minimum atomic E-state index is -1.19. The lowest BCUT2D eigenvalue weighted by atomic mass is 10.5. The smallest absolute Gasteiger partial charge is 0.251 e. The number of aliphatic carboxylic acids is 1. The zero-order valence-electron chi connectivity index (χ0n) is 6.86. The quantitative estimate of drug-likeness (QED) is 0.494. The highest BCUT2D eigenvalue weighted by Gasteiger charge is 1.98. The van der Waals surface area contributed by atoms with Crippen LogP contribution < -0.4 is 10.7 Å². The van der Waals surface area contributed by atoms with E-state index in [1.54, 1.807) is 6.92 Å². The molecule has 0 aromatic carbocycles. The molecule has 1 aromatic rings. The van der Waals surface area contributed by atoms with E-state index in [0.717, 1.165) is 11.8 Å². The number of aryl methyl sites for hydroxylation is 1. The van der Waals surface area contributed by atoms with E-state index in [2.05, 4.69) is 9.97 Å². The summed E-state index contributed by atoms with van der Waals surface area (Å²) in [6.07, 6.45) is 0. The van der Waals surface area contributed by atoms with E-state index >= 15 is 0 Å². The molecule has 0 saturated heterocycles. The first-order valence-electron chi connectivity index (χ1n) is 3.48. The molecule has 1 N–H and O–H groups in total. The van der Waals surface area contributed by atoms with Crippen LogP contribution in [-0.4, -0.2) is 21.7 Å². The summed E-state index contributed by atoms with van der Waals surface area (Å²) in [5, 5.41) is 10.4. The zero-order chi connectivity index (χ0) is 9.84. The highest BCUT2D eigenvalue weighted by Crippen LogP contribution is 2.09. The Hall–Kier alpha value is -1.30. The largest absolute Gasteiger partial charge is 0.549 e. The van der Waals surface area contributed by atoms with Crippen molar-refractivity contribution in [2.45, 2.75) is 12.1 Å². The molecule has 0 fully saturated rings. The molecular weight excluding hydrogens is 192 g/mol. The van der Waals surface area contributed by atoms with Crippen LogP contribution in [0.3, 0.4) is 0 Å². The van der Waals surface area contributed by atoms with E-state index in [-0.39, 0.29) is 11.3 Å². The van der Waals surface area contributed by atoms with Crippen LogP contribution in [0.5, 0.6) is 0 Å². The second-order valence-corrected chi connectivity index (χ2v) is 3.32. The monoisotopic (exact) mass is 199 g/mol. The Kier molecular flexibility index (Phi) is 3.07. The second kappa shape index (κ2) is 4.08. The Balaban J connectivity index is 2.77. The molecule has 0 aliphatic rings. The third kappa shape index (κ3) is 3.29. The highest BCUT2D eigenvalue weighted by atomic mass is 32.2. The van der Waals surface area contributed by atoms with Gasteiger partial charge in [-0.1, -0.05) is 11.8 Å². The van der Waals surface area contributed by atoms with Crippen molar-refractivity contribution in [3.05, 3.63) is 22.1 Å². The van der Waals surface area contributed by atoms with Crippen molar-refractivity contribution in [1.82, 2.24) is 9.97 Å². The lowest BCUT2D eigenvalue weighted by molar-refractivity contribution is -0.301. The maximum Gasteiger partial charge on any atom is 0.251 e. The van der Waals surface area contributed by atoms with Gasteiger partial charge in [0.15, 0.2) is 5.16 Å². The molecule has 1 heterocycles. The average Bonchev–Trinajstić information content (AvgIpc) is 1.99. The summed E-state index contributed by atoms with van der Waals surface area (Å²) < 4.78 is 0. The lowest BCUT2D eigenvalue weighted by Crippen LogP contribution is -2.24. The fourth-order valence-corrected chi connectivity index (χ4v) is 1.38. The van der Waals surface area contributed by atoms with Gasteiger partial charge in [0.2, 0.25) is 0 Å². The van der Waals surface area contributed by atoms with Crippen LogP contribution in [0.1, 0.15) is 5.69 Å². The average molecular weight is 199 g/mol. The number of hydrogen-bond acceptors (Lipinski definition) is 5. The first kappa shape index (κ1) is 9.79. The van der Waals surface area contributed by atoms with Crippen LogP contribution in [0, 0.1) is 6.92 Å². The Bertz CT molecular complexity index is 374. The number of nitrogens with zero attached hydrogens (tertiary/aromatic N) is 1. The molecule has 0 spiro atoms. The molecule has 0 radical (unpaired) electrons. The topological polar surface area (TPSA) is 85.9 Å². The third-order valence-electron chi connectivity index (χ3n) is 1.17. The maximum absolute atomic E-state index is 10.9. The van der Waals surface area contributed by atoms with Gasteiger partial charge in [0.05, 0.1) is 5.97 Å². The number of aromatic amines is 1. The molecule has 1 aromatic heterocycles. The number of hydrogen-bond donors (Lipinski definition) is 1. The number of nitrogens with one attached hydrogen (secondary N) is 1. The third-order valence-corrected chi connectivity index (χ3v) is 2.02. The molecule has 6 heteroatoms. The number of rotatable bonds is 3. The summed E-state index contributed by atoms with van der Waals surface area (Å²) in [5.74, 6) is -1.40. The number of carbonyl (C=O) groups excluding carboxylic acids is 1. The van der Waals surface area contributed by atoms with Gasteiger partial charge in [-0.25, -0.2) is 4.98 Å². The molecule has 0 saturated carbocycles. The second-order valence-electron chi connectivity index (χ2n) is 2.35. The molecule has 13 heavy (non-hydrogen) atoms. The number of carboxylic acid groups (broad SMARTS) is 1. The Morgan fingerprint density at radius 1 is 1.77 bits per heavy atom. The van der Waals surface area contributed by atoms with E-state index in [4.69, 9.17) is 0 Å². The lowest BCUT2D eigenvalue weighted by Gasteiger charge is -2.01. The Labute approximate surface area is 78.2 Å². The predicted octanol–water partition coefficient (Wildman–Crippen LogP) is -1.08. The van der Waals surface area contributed by atoms with E-state index < -0.39 is 5.97 Å². The van der Waals surface area contributed by atoms with Crippen LogP contribution in [0.15, 0.2) is 16.0 Å². The molecular formula is C7H7N2O3S-. The molecule has 0 unspecified atom stereocenters. The van der Waals surface area contributed by atoms with Gasteiger partial charge in [0.1, 0.15) is 0 Å². The van der Waals surface area contributed by atoms with E-state index in [9.17, 15) is 14.7 Å². The predicted molar refractivity (Wildman–Crippen MR) is 45.3 cm³/mol. The van der Waals surface area contributed by atoms with Gasteiger partial charge in [-0.15, -0.1) is 0 Å². The Morgan fingerprint density at radius 3 is 3.00 bits per heavy atom. The van der Waals surface area contributed by atoms with E-state index in [0.29, 0.717) is 10.9 Å². The maximum atomic E-state index is 10.9. The number of thioether (sulfide) groups is 1. The summed E-state index contributed by atoms with van der Waals surface area (Å²) in [6.45, 7) is 1.66. The number of H-pyrrole nitrogens is 1. The van der Waals surface area contributed by atoms with Gasteiger partial charge in [-0.3, -0.25) is 4.79 Å². The van der Waals surface area contributed by atoms with Gasteiger partial charge in [0.25, 0.3) is 5.56 Å². The summed E-state index contributed by atoms with van der Waals surface area (Å²) >= 11 is 0.928. The van der Waals surface area contributed by atoms with E-state index in [1.807, 2.05) is 0 Å². The van der Waals surface area contributed by atoms with E-state index in [1.165, 1.54) is 6.07 Å². The van der Waals surface area contributed by atoms with Gasteiger partial charge in [-0.05, 0) is 6.92 Å². The first-order chi connectivity index (χ1) is 6.08. The summed E-state index contributed by atoms with van der Waals surface area (Å²) in [5.41, 5.74) is 0.276. The fourth-order valence-electron chi connectivity index (χ4n) is 0.747. The van der Waals surface area contributed by atoms with Gasteiger partial charge >= 0.3 is 0 Å². The SMILES string of the molecule is Cc1cc(=O)[nH]c(SCC(=O)[O-])n1. The van der Waals surface area contributed by atoms with Crippen molar-refractivity contribution in [2.24, 2.45) is 0 Å². The first-order valence-corrected chi connectivity index (χ1v) is 4.47. The highest BCUT2D eigenvalue weighted by molar-refractivity contribution is 7.99. The molecule has 70 valence electrons. The number of carboxylic acids is 1. The van der Waals surface area contributed by atoms with Gasteiger partial charge < -0.3 is 14.9 Å². The molecule has 5 nitrogen and oxygen atoms in total. The zero-order valence-corrected chi connectivity index (χ0v) is 7.68. The van der Waals surface area contributed by atoms with Gasteiger partial charge in [0, 0.05) is 17.5 Å². The van der Waals surface area contributed by atoms with Crippen LogP contribution in [-0.2, 0) is 4.79 Å². The van der Waals surface area contributed by atoms with Crippen molar-refractivity contribution in [2.75, 3.05) is 5.75 Å². The van der Waals surface area contributed by atoms with Crippen LogP contribution in [0.2, 0.25) is 0 Å². The number of aromatic nitrogens is 2.